The fraction of sp³-hybridized carbons (Fsp3) is 0.370. The topological polar surface area (TPSA) is 63.7 Å². The third kappa shape index (κ3) is 2.87. The molecule has 1 saturated heterocycles. The average molecular weight is 428 g/mol. The molecule has 1 heterocycles. The third-order valence-corrected chi connectivity index (χ3v) is 7.70. The highest BCUT2D eigenvalue weighted by Crippen LogP contribution is 2.65. The van der Waals surface area contributed by atoms with Crippen LogP contribution in [0, 0.1) is 35.5 Å². The summed E-state index contributed by atoms with van der Waals surface area (Å²) in [4.78, 5) is 40.3. The van der Waals surface area contributed by atoms with Crippen LogP contribution in [0.1, 0.15) is 35.7 Å². The van der Waals surface area contributed by atoms with Crippen LogP contribution in [-0.4, -0.2) is 17.8 Å². The van der Waals surface area contributed by atoms with Crippen molar-refractivity contribution < 1.29 is 19.1 Å². The van der Waals surface area contributed by atoms with E-state index in [0.29, 0.717) is 28.8 Å². The lowest BCUT2D eigenvalue weighted by molar-refractivity contribution is -0.124. The van der Waals surface area contributed by atoms with Crippen molar-refractivity contribution in [2.45, 2.75) is 26.2 Å². The number of amides is 2. The first kappa shape index (κ1) is 19.5. The normalized spacial score (nSPS) is 31.5. The van der Waals surface area contributed by atoms with Crippen LogP contribution in [0.25, 0.3) is 0 Å². The number of carbonyl (C=O) groups excluding carboxylic acids is 3. The van der Waals surface area contributed by atoms with Gasteiger partial charge >= 0.3 is 5.97 Å². The Hall–Kier alpha value is -3.21. The molecule has 0 radical (unpaired) electrons. The van der Waals surface area contributed by atoms with Crippen LogP contribution >= 0.6 is 0 Å². The monoisotopic (exact) mass is 427 g/mol. The lowest BCUT2D eigenvalue weighted by Gasteiger charge is -2.37. The predicted molar refractivity (Wildman–Crippen MR) is 119 cm³/mol. The second-order valence-electron chi connectivity index (χ2n) is 9.50. The number of esters is 1. The number of rotatable bonds is 5. The summed E-state index contributed by atoms with van der Waals surface area (Å²) in [5.74, 6) is 0.975. The van der Waals surface area contributed by atoms with Crippen molar-refractivity contribution in [2.24, 2.45) is 35.5 Å². The fourth-order valence-electron chi connectivity index (χ4n) is 6.14. The molecule has 7 rings (SSSR count). The van der Waals surface area contributed by atoms with Gasteiger partial charge in [-0.1, -0.05) is 37.6 Å². The summed E-state index contributed by atoms with van der Waals surface area (Å²) < 4.78 is 5.48. The van der Waals surface area contributed by atoms with Crippen LogP contribution in [0.15, 0.2) is 60.7 Å². The molecule has 5 heteroatoms. The molecular weight excluding hydrogens is 402 g/mol. The summed E-state index contributed by atoms with van der Waals surface area (Å²) in [6, 6.07) is 14.1. The highest BCUT2D eigenvalue weighted by Gasteiger charge is 2.67. The number of carbonyl (C=O) groups is 3. The minimum absolute atomic E-state index is 0.0906. The van der Waals surface area contributed by atoms with E-state index in [1.165, 1.54) is 10.5 Å². The molecule has 4 aliphatic carbocycles. The van der Waals surface area contributed by atoms with Crippen LogP contribution in [-0.2, 0) is 16.0 Å². The maximum absolute atomic E-state index is 13.2. The Bertz CT molecular complexity index is 1100. The van der Waals surface area contributed by atoms with Crippen LogP contribution in [0.3, 0.4) is 0 Å². The van der Waals surface area contributed by atoms with E-state index < -0.39 is 5.97 Å². The molecule has 2 aromatic rings. The summed E-state index contributed by atoms with van der Waals surface area (Å²) in [6.07, 6.45) is 7.54. The molecule has 2 bridgehead atoms. The zero-order valence-corrected chi connectivity index (χ0v) is 17.9. The molecule has 3 fully saturated rings. The van der Waals surface area contributed by atoms with Gasteiger partial charge in [0.1, 0.15) is 5.75 Å². The summed E-state index contributed by atoms with van der Waals surface area (Å²) in [5, 5.41) is 0. The molecule has 32 heavy (non-hydrogen) atoms. The molecular formula is C27H25NO4. The van der Waals surface area contributed by atoms with Crippen molar-refractivity contribution in [1.29, 1.82) is 0 Å². The van der Waals surface area contributed by atoms with Gasteiger partial charge < -0.3 is 4.74 Å². The Morgan fingerprint density at radius 3 is 2.06 bits per heavy atom. The van der Waals surface area contributed by atoms with Crippen LogP contribution < -0.4 is 9.64 Å². The molecule has 0 N–H and O–H groups in total. The van der Waals surface area contributed by atoms with Crippen LogP contribution in [0.5, 0.6) is 5.75 Å². The second kappa shape index (κ2) is 7.16. The van der Waals surface area contributed by atoms with E-state index in [-0.39, 0.29) is 35.5 Å². The van der Waals surface area contributed by atoms with E-state index in [1.807, 2.05) is 12.1 Å². The van der Waals surface area contributed by atoms with Crippen molar-refractivity contribution in [2.75, 3.05) is 4.90 Å². The van der Waals surface area contributed by atoms with Gasteiger partial charge in [-0.2, -0.15) is 0 Å². The van der Waals surface area contributed by atoms with Gasteiger partial charge in [0.05, 0.1) is 23.1 Å². The van der Waals surface area contributed by atoms with E-state index in [2.05, 4.69) is 19.1 Å². The Labute approximate surface area is 187 Å². The first-order valence-corrected chi connectivity index (χ1v) is 11.5. The van der Waals surface area contributed by atoms with Gasteiger partial charge in [0.2, 0.25) is 11.8 Å². The zero-order chi connectivity index (χ0) is 22.0. The second-order valence-corrected chi connectivity index (χ2v) is 9.50. The third-order valence-electron chi connectivity index (χ3n) is 7.70. The number of hydrogen-bond acceptors (Lipinski definition) is 4. The van der Waals surface area contributed by atoms with E-state index >= 15 is 0 Å². The molecule has 2 aromatic carbocycles. The van der Waals surface area contributed by atoms with Crippen molar-refractivity contribution in [3.63, 3.8) is 0 Å². The summed E-state index contributed by atoms with van der Waals surface area (Å²) >= 11 is 0. The van der Waals surface area contributed by atoms with E-state index in [9.17, 15) is 14.4 Å². The Kier molecular flexibility index (Phi) is 4.36. The summed E-state index contributed by atoms with van der Waals surface area (Å²) in [7, 11) is 0. The van der Waals surface area contributed by atoms with Crippen molar-refractivity contribution in [3.05, 3.63) is 71.8 Å². The maximum atomic E-state index is 13.2. The van der Waals surface area contributed by atoms with Gasteiger partial charge in [-0.15, -0.1) is 0 Å². The molecule has 162 valence electrons. The Balaban J connectivity index is 1.18. The number of nitrogens with zero attached hydrogens (tertiary/aromatic N) is 1. The highest BCUT2D eigenvalue weighted by atomic mass is 16.5. The minimum Gasteiger partial charge on any atom is -0.423 e. The van der Waals surface area contributed by atoms with Gasteiger partial charge in [0.15, 0.2) is 0 Å². The molecule has 0 spiro atoms. The fourth-order valence-corrected chi connectivity index (χ4v) is 6.14. The van der Waals surface area contributed by atoms with Gasteiger partial charge in [0.25, 0.3) is 0 Å². The lowest BCUT2D eigenvalue weighted by atomic mass is 9.63. The summed E-state index contributed by atoms with van der Waals surface area (Å²) in [6.45, 7) is 2.12. The average Bonchev–Trinajstić information content (AvgIpc) is 3.59. The number of allylic oxidation sites excluding steroid dienone is 2. The number of aryl methyl sites for hydroxylation is 1. The number of benzene rings is 2. The lowest BCUT2D eigenvalue weighted by Crippen LogP contribution is -2.40. The number of imide groups is 1. The quantitative estimate of drug-likeness (QED) is 0.307. The Morgan fingerprint density at radius 1 is 0.906 bits per heavy atom. The standard InChI is InChI=1S/C27H25NO4/c1-2-3-15-4-10-18(11-5-15)32-27(31)16-6-8-17(9-7-16)28-25(29)23-19-12-13-20(22-14-21(19)22)24(23)26(28)30/h4-13,19-24H,2-3,14H2,1H3/t19-,20+,21-,22-,23+,24-/m1/s1. The molecule has 0 aromatic heterocycles. The molecule has 2 saturated carbocycles. The Morgan fingerprint density at radius 2 is 1.50 bits per heavy atom. The van der Waals surface area contributed by atoms with E-state index in [0.717, 1.165) is 19.3 Å². The highest BCUT2D eigenvalue weighted by molar-refractivity contribution is 6.22. The van der Waals surface area contributed by atoms with Gasteiger partial charge in [-0.05, 0) is 78.5 Å². The van der Waals surface area contributed by atoms with Crippen LogP contribution in [0.2, 0.25) is 0 Å². The number of hydrogen-bond donors (Lipinski definition) is 0. The molecule has 0 unspecified atom stereocenters. The SMILES string of the molecule is CCCc1ccc(OC(=O)c2ccc(N3C(=O)[C@@H]4[C@H]5C=C[C@H]([C@H]6C[C@H]56)[C@@H]4C3=O)cc2)cc1. The van der Waals surface area contributed by atoms with Gasteiger partial charge in [-0.25, -0.2) is 4.79 Å². The van der Waals surface area contributed by atoms with Crippen molar-refractivity contribution in [1.82, 2.24) is 0 Å². The number of anilines is 1. The summed E-state index contributed by atoms with van der Waals surface area (Å²) in [5.41, 5.74) is 2.12. The minimum atomic E-state index is -0.463. The van der Waals surface area contributed by atoms with Gasteiger partial charge in [0, 0.05) is 0 Å². The molecule has 1 aliphatic heterocycles. The molecule has 6 atom stereocenters. The first-order valence-electron chi connectivity index (χ1n) is 11.5. The smallest absolute Gasteiger partial charge is 0.343 e. The predicted octanol–water partition coefficient (Wildman–Crippen LogP) is 4.42. The molecule has 5 nitrogen and oxygen atoms in total. The van der Waals surface area contributed by atoms with Gasteiger partial charge in [-0.3, -0.25) is 14.5 Å². The maximum Gasteiger partial charge on any atom is 0.343 e. The number of ether oxygens (including phenoxy) is 1. The van der Waals surface area contributed by atoms with Crippen molar-refractivity contribution >= 4 is 23.5 Å². The zero-order valence-electron chi connectivity index (χ0n) is 17.9. The van der Waals surface area contributed by atoms with E-state index in [1.54, 1.807) is 36.4 Å². The molecule has 5 aliphatic rings. The molecule has 2 amide bonds. The van der Waals surface area contributed by atoms with Crippen LogP contribution in [0.4, 0.5) is 5.69 Å². The van der Waals surface area contributed by atoms with Crippen molar-refractivity contribution in [3.8, 4) is 5.75 Å². The first-order chi connectivity index (χ1) is 15.6. The van der Waals surface area contributed by atoms with E-state index in [4.69, 9.17) is 4.74 Å². The largest absolute Gasteiger partial charge is 0.423 e.